The summed E-state index contributed by atoms with van der Waals surface area (Å²) in [5.41, 5.74) is 0. The number of halogens is 2. The minimum absolute atomic E-state index is 0.397. The summed E-state index contributed by atoms with van der Waals surface area (Å²) in [5, 5.41) is 2.52. The lowest BCUT2D eigenvalue weighted by molar-refractivity contribution is -0.119. The number of amides is 1. The maximum absolute atomic E-state index is 10.9. The second-order valence-corrected chi connectivity index (χ2v) is 4.27. The molecule has 0 aliphatic carbocycles. The topological polar surface area (TPSA) is 47.6 Å². The van der Waals surface area contributed by atoms with E-state index in [4.69, 9.17) is 32.7 Å². The van der Waals surface area contributed by atoms with Crippen molar-refractivity contribution in [1.29, 1.82) is 0 Å². The van der Waals surface area contributed by atoms with Crippen molar-refractivity contribution in [2.45, 2.75) is 24.6 Å². The Bertz CT molecular complexity index is 179. The minimum atomic E-state index is -1.02. The summed E-state index contributed by atoms with van der Waals surface area (Å²) in [7, 11) is 0. The van der Waals surface area contributed by atoms with E-state index in [1.54, 1.807) is 0 Å². The fourth-order valence-corrected chi connectivity index (χ4v) is 1.05. The molecule has 0 unspecified atom stereocenters. The molecule has 0 aromatic heterocycles. The van der Waals surface area contributed by atoms with Crippen LogP contribution in [0.5, 0.6) is 0 Å². The maximum atomic E-state index is 10.9. The predicted octanol–water partition coefficient (Wildman–Crippen LogP) is 1.74. The highest BCUT2D eigenvalue weighted by Crippen LogP contribution is 1.99. The van der Waals surface area contributed by atoms with E-state index in [9.17, 15) is 4.79 Å². The highest BCUT2D eigenvalue weighted by Gasteiger charge is 2.09. The summed E-state index contributed by atoms with van der Waals surface area (Å²) < 4.78 is 10.5. The number of ether oxygens (including phenoxy) is 2. The molecule has 1 amide bonds. The van der Waals surface area contributed by atoms with E-state index < -0.39 is 10.7 Å². The van der Waals surface area contributed by atoms with Crippen LogP contribution in [-0.2, 0) is 14.3 Å². The molecule has 0 radical (unpaired) electrons. The number of carbonyl (C=O) groups is 1. The Morgan fingerprint density at radius 2 is 1.81 bits per heavy atom. The number of alkyl halides is 2. The second-order valence-electron chi connectivity index (χ2n) is 3.17. The van der Waals surface area contributed by atoms with Crippen LogP contribution in [0.2, 0.25) is 0 Å². The molecule has 0 fully saturated rings. The molecule has 4 nitrogen and oxygen atoms in total. The third-order valence-corrected chi connectivity index (χ3v) is 2.15. The van der Waals surface area contributed by atoms with Crippen molar-refractivity contribution < 1.29 is 14.3 Å². The van der Waals surface area contributed by atoms with Crippen LogP contribution in [0.25, 0.3) is 0 Å². The van der Waals surface area contributed by atoms with Gasteiger partial charge in [-0.05, 0) is 6.42 Å². The number of nitrogens with one attached hydrogen (secondary N) is 1. The van der Waals surface area contributed by atoms with Crippen molar-refractivity contribution in [2.75, 3.05) is 33.0 Å². The molecule has 0 saturated heterocycles. The molecule has 0 aromatic carbocycles. The Hall–Kier alpha value is -0.0300. The molecule has 0 atom stereocenters. The van der Waals surface area contributed by atoms with E-state index in [-0.39, 0.29) is 0 Å². The normalized spacial score (nSPS) is 10.8. The molecular formula is C10H19Cl2NO3. The summed E-state index contributed by atoms with van der Waals surface area (Å²) in [6.07, 6.45) is 2.20. The van der Waals surface area contributed by atoms with Crippen molar-refractivity contribution in [3.05, 3.63) is 0 Å². The molecule has 0 spiro atoms. The predicted molar refractivity (Wildman–Crippen MR) is 65.0 cm³/mol. The van der Waals surface area contributed by atoms with Crippen LogP contribution in [-0.4, -0.2) is 43.7 Å². The SMILES string of the molecule is CCCCOCCOCCNC(=O)C(Cl)Cl. The summed E-state index contributed by atoms with van der Waals surface area (Å²) in [6.45, 7) is 4.85. The van der Waals surface area contributed by atoms with E-state index in [1.807, 2.05) is 0 Å². The Labute approximate surface area is 107 Å². The quantitative estimate of drug-likeness (QED) is 0.487. The lowest BCUT2D eigenvalue weighted by atomic mass is 10.4. The first-order valence-electron chi connectivity index (χ1n) is 5.39. The monoisotopic (exact) mass is 271 g/mol. The van der Waals surface area contributed by atoms with Gasteiger partial charge in [0.25, 0.3) is 5.91 Å². The van der Waals surface area contributed by atoms with E-state index in [1.165, 1.54) is 0 Å². The molecule has 0 rings (SSSR count). The molecule has 0 heterocycles. The number of carbonyl (C=O) groups excluding carboxylic acids is 1. The van der Waals surface area contributed by atoms with E-state index in [0.717, 1.165) is 19.4 Å². The van der Waals surface area contributed by atoms with E-state index >= 15 is 0 Å². The average molecular weight is 272 g/mol. The van der Waals surface area contributed by atoms with E-state index in [0.29, 0.717) is 26.4 Å². The minimum Gasteiger partial charge on any atom is -0.379 e. The largest absolute Gasteiger partial charge is 0.379 e. The van der Waals surface area contributed by atoms with Gasteiger partial charge in [0, 0.05) is 13.2 Å². The Morgan fingerprint density at radius 1 is 1.19 bits per heavy atom. The van der Waals surface area contributed by atoms with Crippen molar-refractivity contribution in [3.63, 3.8) is 0 Å². The highest BCUT2D eigenvalue weighted by atomic mass is 35.5. The zero-order valence-electron chi connectivity index (χ0n) is 9.51. The van der Waals surface area contributed by atoms with Gasteiger partial charge in [0.2, 0.25) is 0 Å². The van der Waals surface area contributed by atoms with Gasteiger partial charge in [-0.25, -0.2) is 0 Å². The molecule has 0 bridgehead atoms. The van der Waals surface area contributed by atoms with E-state index in [2.05, 4.69) is 12.2 Å². The van der Waals surface area contributed by atoms with Gasteiger partial charge in [0.05, 0.1) is 19.8 Å². The molecule has 0 aliphatic rings. The van der Waals surface area contributed by atoms with Crippen LogP contribution < -0.4 is 5.32 Å². The smallest absolute Gasteiger partial charge is 0.253 e. The molecule has 96 valence electrons. The summed E-state index contributed by atoms with van der Waals surface area (Å²) in [6, 6.07) is 0. The lowest BCUT2D eigenvalue weighted by Crippen LogP contribution is -2.31. The molecule has 0 saturated carbocycles. The molecule has 6 heteroatoms. The van der Waals surface area contributed by atoms with Gasteiger partial charge in [0.1, 0.15) is 0 Å². The first-order chi connectivity index (χ1) is 7.68. The molecule has 0 aliphatic heterocycles. The number of hydrogen-bond donors (Lipinski definition) is 1. The second kappa shape index (κ2) is 11.5. The summed E-state index contributed by atoms with van der Waals surface area (Å²) in [4.78, 5) is 9.88. The fourth-order valence-electron chi connectivity index (χ4n) is 0.892. The Morgan fingerprint density at radius 3 is 2.38 bits per heavy atom. The zero-order valence-corrected chi connectivity index (χ0v) is 11.0. The van der Waals surface area contributed by atoms with Gasteiger partial charge < -0.3 is 14.8 Å². The first kappa shape index (κ1) is 16.0. The van der Waals surface area contributed by atoms with Crippen molar-refractivity contribution >= 4 is 29.1 Å². The lowest BCUT2D eigenvalue weighted by Gasteiger charge is -2.07. The van der Waals surface area contributed by atoms with Gasteiger partial charge in [-0.15, -0.1) is 0 Å². The molecule has 16 heavy (non-hydrogen) atoms. The van der Waals surface area contributed by atoms with Crippen LogP contribution in [0.1, 0.15) is 19.8 Å². The van der Waals surface area contributed by atoms with Crippen molar-refractivity contribution in [3.8, 4) is 0 Å². The Balaban J connectivity index is 3.07. The van der Waals surface area contributed by atoms with Crippen LogP contribution in [0, 0.1) is 0 Å². The average Bonchev–Trinajstić information content (AvgIpc) is 2.26. The zero-order chi connectivity index (χ0) is 12.2. The van der Waals surface area contributed by atoms with Gasteiger partial charge >= 0.3 is 0 Å². The highest BCUT2D eigenvalue weighted by molar-refractivity contribution is 6.53. The number of unbranched alkanes of at least 4 members (excludes halogenated alkanes) is 1. The van der Waals surface area contributed by atoms with Crippen LogP contribution in [0.4, 0.5) is 0 Å². The van der Waals surface area contributed by atoms with Crippen LogP contribution in [0.3, 0.4) is 0 Å². The van der Waals surface area contributed by atoms with Crippen molar-refractivity contribution in [1.82, 2.24) is 5.32 Å². The molecular weight excluding hydrogens is 253 g/mol. The Kier molecular flexibility index (Phi) is 11.4. The maximum Gasteiger partial charge on any atom is 0.253 e. The molecule has 0 aromatic rings. The number of hydrogen-bond acceptors (Lipinski definition) is 3. The van der Waals surface area contributed by atoms with Gasteiger partial charge in [-0.1, -0.05) is 36.5 Å². The standard InChI is InChI=1S/C10H19Cl2NO3/c1-2-3-5-15-7-8-16-6-4-13-10(14)9(11)12/h9H,2-8H2,1H3,(H,13,14). The van der Waals surface area contributed by atoms with Crippen LogP contribution >= 0.6 is 23.2 Å². The fraction of sp³-hybridized carbons (Fsp3) is 0.900. The van der Waals surface area contributed by atoms with Gasteiger partial charge in [-0.3, -0.25) is 4.79 Å². The van der Waals surface area contributed by atoms with Crippen molar-refractivity contribution in [2.24, 2.45) is 0 Å². The number of rotatable bonds is 10. The van der Waals surface area contributed by atoms with Crippen LogP contribution in [0.15, 0.2) is 0 Å². The van der Waals surface area contributed by atoms with Gasteiger partial charge in [0.15, 0.2) is 4.84 Å². The third kappa shape index (κ3) is 10.5. The first-order valence-corrected chi connectivity index (χ1v) is 6.27. The third-order valence-electron chi connectivity index (χ3n) is 1.76. The summed E-state index contributed by atoms with van der Waals surface area (Å²) in [5.74, 6) is -0.397. The van der Waals surface area contributed by atoms with Gasteiger partial charge in [-0.2, -0.15) is 0 Å². The summed E-state index contributed by atoms with van der Waals surface area (Å²) >= 11 is 10.7. The molecule has 1 N–H and O–H groups in total.